The van der Waals surface area contributed by atoms with Gasteiger partial charge in [0.15, 0.2) is 5.82 Å². The van der Waals surface area contributed by atoms with Crippen LogP contribution in [0.2, 0.25) is 0 Å². The van der Waals surface area contributed by atoms with Crippen LogP contribution in [0.15, 0.2) is 28.8 Å². The first-order chi connectivity index (χ1) is 9.27. The van der Waals surface area contributed by atoms with Crippen LogP contribution in [-0.4, -0.2) is 17.2 Å². The van der Waals surface area contributed by atoms with E-state index in [0.717, 1.165) is 5.56 Å². The molecular formula is C15H20FN3O. The van der Waals surface area contributed by atoms with Crippen molar-refractivity contribution in [3.8, 4) is 0 Å². The summed E-state index contributed by atoms with van der Waals surface area (Å²) < 4.78 is 18.4. The van der Waals surface area contributed by atoms with Crippen LogP contribution >= 0.6 is 0 Å². The lowest BCUT2D eigenvalue weighted by molar-refractivity contribution is 0.278. The van der Waals surface area contributed by atoms with Crippen molar-refractivity contribution in [3.05, 3.63) is 47.4 Å². The van der Waals surface area contributed by atoms with E-state index >= 15 is 0 Å². The van der Waals surface area contributed by atoms with Crippen LogP contribution in [0.1, 0.15) is 45.0 Å². The van der Waals surface area contributed by atoms with Crippen LogP contribution < -0.4 is 5.32 Å². The zero-order valence-corrected chi connectivity index (χ0v) is 12.5. The van der Waals surface area contributed by atoms with E-state index in [2.05, 4.69) is 15.5 Å². The molecule has 0 aliphatic rings. The Bertz CT molecular complexity index is 587. The van der Waals surface area contributed by atoms with Gasteiger partial charge in [-0.25, -0.2) is 4.39 Å². The Labute approximate surface area is 118 Å². The van der Waals surface area contributed by atoms with E-state index in [0.29, 0.717) is 11.7 Å². The van der Waals surface area contributed by atoms with Crippen molar-refractivity contribution in [3.63, 3.8) is 0 Å². The molecule has 0 aliphatic carbocycles. The smallest absolute Gasteiger partial charge is 0.246 e. The normalized spacial score (nSPS) is 12.7. The van der Waals surface area contributed by atoms with Gasteiger partial charge in [-0.3, -0.25) is 0 Å². The van der Waals surface area contributed by atoms with Crippen LogP contribution in [0.4, 0.5) is 4.39 Å². The number of benzene rings is 1. The highest BCUT2D eigenvalue weighted by molar-refractivity contribution is 5.30. The third-order valence-corrected chi connectivity index (χ3v) is 3.71. The predicted octanol–water partition coefficient (Wildman–Crippen LogP) is 2.99. The van der Waals surface area contributed by atoms with E-state index in [1.807, 2.05) is 34.7 Å². The van der Waals surface area contributed by atoms with Crippen molar-refractivity contribution in [2.45, 2.75) is 38.6 Å². The number of aromatic nitrogens is 2. The van der Waals surface area contributed by atoms with Crippen LogP contribution in [0.5, 0.6) is 0 Å². The molecule has 5 heteroatoms. The summed E-state index contributed by atoms with van der Waals surface area (Å²) in [6.07, 6.45) is 0. The van der Waals surface area contributed by atoms with Crippen molar-refractivity contribution >= 4 is 0 Å². The zero-order valence-electron chi connectivity index (χ0n) is 12.5. The fraction of sp³-hybridized carbons (Fsp3) is 0.467. The zero-order chi connectivity index (χ0) is 15.0. The predicted molar refractivity (Wildman–Crippen MR) is 74.9 cm³/mol. The molecule has 0 saturated heterocycles. The van der Waals surface area contributed by atoms with Crippen molar-refractivity contribution in [2.75, 3.05) is 7.05 Å². The van der Waals surface area contributed by atoms with Crippen LogP contribution in [0, 0.1) is 5.82 Å². The highest BCUT2D eigenvalue weighted by Gasteiger charge is 2.32. The molecule has 0 radical (unpaired) electrons. The molecular weight excluding hydrogens is 257 g/mol. The number of hydrogen-bond donors (Lipinski definition) is 1. The molecule has 0 unspecified atom stereocenters. The molecule has 0 atom stereocenters. The number of halogens is 1. The van der Waals surface area contributed by atoms with Gasteiger partial charge in [0.05, 0.1) is 11.0 Å². The Balaban J connectivity index is 2.37. The molecule has 2 rings (SSSR count). The third-order valence-electron chi connectivity index (χ3n) is 3.71. The van der Waals surface area contributed by atoms with E-state index < -0.39 is 5.41 Å². The summed E-state index contributed by atoms with van der Waals surface area (Å²) in [6.45, 7) is 7.91. The lowest BCUT2D eigenvalue weighted by Crippen LogP contribution is -2.33. The Morgan fingerprint density at radius 2 is 1.70 bits per heavy atom. The van der Waals surface area contributed by atoms with Crippen LogP contribution in [0.3, 0.4) is 0 Å². The van der Waals surface area contributed by atoms with E-state index in [9.17, 15) is 4.39 Å². The Hall–Kier alpha value is -1.75. The summed E-state index contributed by atoms with van der Waals surface area (Å²) >= 11 is 0. The molecule has 1 aromatic heterocycles. The minimum atomic E-state index is -0.445. The first-order valence-corrected chi connectivity index (χ1v) is 6.57. The summed E-state index contributed by atoms with van der Waals surface area (Å²) in [5, 5.41) is 7.20. The molecule has 0 spiro atoms. The molecule has 1 aromatic carbocycles. The molecule has 1 heterocycles. The van der Waals surface area contributed by atoms with Crippen LogP contribution in [-0.2, 0) is 11.0 Å². The number of hydrogen-bond acceptors (Lipinski definition) is 4. The lowest BCUT2D eigenvalue weighted by Gasteiger charge is -2.21. The van der Waals surface area contributed by atoms with Gasteiger partial charge in [0.2, 0.25) is 5.89 Å². The highest BCUT2D eigenvalue weighted by Crippen LogP contribution is 2.30. The number of rotatable bonds is 4. The van der Waals surface area contributed by atoms with Gasteiger partial charge in [0.1, 0.15) is 5.82 Å². The topological polar surface area (TPSA) is 51.0 Å². The van der Waals surface area contributed by atoms with Gasteiger partial charge in [-0.05, 0) is 52.4 Å². The van der Waals surface area contributed by atoms with Gasteiger partial charge < -0.3 is 9.84 Å². The van der Waals surface area contributed by atoms with E-state index in [1.54, 1.807) is 12.1 Å². The van der Waals surface area contributed by atoms with Gasteiger partial charge in [0, 0.05) is 0 Å². The summed E-state index contributed by atoms with van der Waals surface area (Å²) in [4.78, 5) is 4.49. The largest absolute Gasteiger partial charge is 0.337 e. The van der Waals surface area contributed by atoms with Crippen molar-refractivity contribution in [1.82, 2.24) is 15.5 Å². The molecule has 20 heavy (non-hydrogen) atoms. The monoisotopic (exact) mass is 277 g/mol. The lowest BCUT2D eigenvalue weighted by atomic mass is 9.84. The first kappa shape index (κ1) is 14.7. The van der Waals surface area contributed by atoms with E-state index in [4.69, 9.17) is 4.52 Å². The summed E-state index contributed by atoms with van der Waals surface area (Å²) in [7, 11) is 1.84. The second-order valence-electron chi connectivity index (χ2n) is 5.93. The number of nitrogens with one attached hydrogen (secondary N) is 1. The second-order valence-corrected chi connectivity index (χ2v) is 5.93. The molecule has 0 aliphatic heterocycles. The van der Waals surface area contributed by atoms with Gasteiger partial charge >= 0.3 is 0 Å². The quantitative estimate of drug-likeness (QED) is 0.933. The summed E-state index contributed by atoms with van der Waals surface area (Å²) in [6, 6.07) is 6.37. The van der Waals surface area contributed by atoms with Gasteiger partial charge in [0.25, 0.3) is 0 Å². The van der Waals surface area contributed by atoms with Gasteiger partial charge in [-0.15, -0.1) is 0 Å². The van der Waals surface area contributed by atoms with Gasteiger partial charge in [-0.1, -0.05) is 17.3 Å². The number of nitrogens with zero attached hydrogens (tertiary/aromatic N) is 2. The molecule has 0 amide bonds. The van der Waals surface area contributed by atoms with Crippen molar-refractivity contribution in [2.24, 2.45) is 0 Å². The Morgan fingerprint density at radius 1 is 1.10 bits per heavy atom. The maximum atomic E-state index is 13.0. The maximum absolute atomic E-state index is 13.0. The average molecular weight is 277 g/mol. The standard InChI is InChI=1S/C15H20FN3O/c1-14(2,10-6-8-11(16)9-7-10)12-18-13(20-19-12)15(3,4)17-5/h6-9,17H,1-5H3. The second kappa shape index (κ2) is 4.98. The van der Waals surface area contributed by atoms with Gasteiger partial charge in [-0.2, -0.15) is 4.98 Å². The molecule has 0 bridgehead atoms. The van der Waals surface area contributed by atoms with Crippen LogP contribution in [0.25, 0.3) is 0 Å². The van der Waals surface area contributed by atoms with E-state index in [-0.39, 0.29) is 11.4 Å². The molecule has 108 valence electrons. The fourth-order valence-corrected chi connectivity index (χ4v) is 1.83. The average Bonchev–Trinajstić information content (AvgIpc) is 2.90. The first-order valence-electron chi connectivity index (χ1n) is 6.57. The van der Waals surface area contributed by atoms with Crippen molar-refractivity contribution < 1.29 is 8.91 Å². The minimum Gasteiger partial charge on any atom is -0.337 e. The molecule has 1 N–H and O–H groups in total. The SMILES string of the molecule is CNC(C)(C)c1nc(C(C)(C)c2ccc(F)cc2)no1. The maximum Gasteiger partial charge on any atom is 0.246 e. The fourth-order valence-electron chi connectivity index (χ4n) is 1.83. The Morgan fingerprint density at radius 3 is 2.25 bits per heavy atom. The minimum absolute atomic E-state index is 0.255. The highest BCUT2D eigenvalue weighted by atomic mass is 19.1. The molecule has 0 fully saturated rings. The summed E-state index contributed by atoms with van der Waals surface area (Å²) in [5.74, 6) is 0.863. The summed E-state index contributed by atoms with van der Waals surface area (Å²) in [5.41, 5.74) is 0.108. The molecule has 2 aromatic rings. The Kier molecular flexibility index (Phi) is 3.65. The van der Waals surface area contributed by atoms with Crippen molar-refractivity contribution in [1.29, 1.82) is 0 Å². The molecule has 0 saturated carbocycles. The van der Waals surface area contributed by atoms with E-state index in [1.165, 1.54) is 12.1 Å². The third kappa shape index (κ3) is 2.58. The molecule has 4 nitrogen and oxygen atoms in total.